The number of hydrogen-bond acceptors (Lipinski definition) is 4. The van der Waals surface area contributed by atoms with Crippen molar-refractivity contribution in [2.45, 2.75) is 32.9 Å². The number of aromatic nitrogens is 1. The Morgan fingerprint density at radius 2 is 1.68 bits per heavy atom. The maximum atomic E-state index is 13.0. The number of nitrogens with one attached hydrogen (secondary N) is 1. The molecular formula is C26H29N3O4S. The number of fused-ring (bicyclic) bond motifs is 3. The largest absolute Gasteiger partial charge is 0.481 e. The van der Waals surface area contributed by atoms with Gasteiger partial charge in [-0.3, -0.25) is 9.10 Å². The van der Waals surface area contributed by atoms with Gasteiger partial charge in [-0.2, -0.15) is 0 Å². The molecule has 1 atom stereocenters. The molecule has 0 spiro atoms. The van der Waals surface area contributed by atoms with E-state index in [4.69, 9.17) is 4.74 Å². The van der Waals surface area contributed by atoms with E-state index in [2.05, 4.69) is 28.9 Å². The molecule has 0 saturated heterocycles. The molecule has 1 unspecified atom stereocenters. The van der Waals surface area contributed by atoms with Gasteiger partial charge in [-0.25, -0.2) is 8.42 Å². The van der Waals surface area contributed by atoms with E-state index in [1.807, 2.05) is 37.3 Å². The van der Waals surface area contributed by atoms with Crippen LogP contribution in [0.4, 0.5) is 11.4 Å². The smallest absolute Gasteiger partial charge is 0.265 e. The number of carbonyl (C=O) groups excluding carboxylic acids is 1. The molecule has 0 bridgehead atoms. The topological polar surface area (TPSA) is 80.6 Å². The summed E-state index contributed by atoms with van der Waals surface area (Å²) in [7, 11) is -1.86. The van der Waals surface area contributed by atoms with Gasteiger partial charge in [-0.05, 0) is 61.9 Å². The third-order valence-corrected chi connectivity index (χ3v) is 7.20. The average Bonchev–Trinajstić information content (AvgIpc) is 3.14. The predicted octanol–water partition coefficient (Wildman–Crippen LogP) is 5.01. The van der Waals surface area contributed by atoms with Crippen LogP contribution in [-0.4, -0.2) is 38.3 Å². The van der Waals surface area contributed by atoms with Crippen molar-refractivity contribution in [3.05, 3.63) is 66.7 Å². The standard InChI is InChI=1S/C26H29N3O4S/c1-5-25(33-20-14-12-19(13-15-20)28(3)34(4,31)32)26(30)27-18-11-16-24-22(17-18)21-9-7-8-10-23(21)29(24)6-2/h7-17,25H,5-6H2,1-4H3,(H,27,30). The van der Waals surface area contributed by atoms with Gasteiger partial charge in [0.05, 0.1) is 11.9 Å². The number of aryl methyl sites for hydroxylation is 1. The Kier molecular flexibility index (Phi) is 6.52. The van der Waals surface area contributed by atoms with Gasteiger partial charge >= 0.3 is 0 Å². The Bertz CT molecular complexity index is 1440. The number of amides is 1. The second kappa shape index (κ2) is 9.38. The fourth-order valence-corrected chi connectivity index (χ4v) is 4.61. The number of nitrogens with zero attached hydrogens (tertiary/aromatic N) is 2. The second-order valence-corrected chi connectivity index (χ2v) is 10.2. The van der Waals surface area contributed by atoms with Crippen LogP contribution in [0.25, 0.3) is 21.8 Å². The van der Waals surface area contributed by atoms with Crippen molar-refractivity contribution in [3.8, 4) is 5.75 Å². The molecule has 1 aromatic heterocycles. The summed E-state index contributed by atoms with van der Waals surface area (Å²) in [6.07, 6.45) is 0.937. The first-order valence-electron chi connectivity index (χ1n) is 11.3. The zero-order chi connectivity index (χ0) is 24.5. The summed E-state index contributed by atoms with van der Waals surface area (Å²) < 4.78 is 32.8. The molecule has 7 nitrogen and oxygen atoms in total. The minimum Gasteiger partial charge on any atom is -0.481 e. The van der Waals surface area contributed by atoms with Gasteiger partial charge in [0.2, 0.25) is 10.0 Å². The van der Waals surface area contributed by atoms with Crippen LogP contribution in [0.15, 0.2) is 66.7 Å². The SMILES string of the molecule is CCC(Oc1ccc(N(C)S(C)(=O)=O)cc1)C(=O)Nc1ccc2c(c1)c1ccccc1n2CC. The molecule has 0 radical (unpaired) electrons. The summed E-state index contributed by atoms with van der Waals surface area (Å²) in [5.41, 5.74) is 3.53. The maximum Gasteiger partial charge on any atom is 0.265 e. The zero-order valence-corrected chi connectivity index (χ0v) is 20.6. The number of carbonyl (C=O) groups is 1. The van der Waals surface area contributed by atoms with Crippen molar-refractivity contribution in [3.63, 3.8) is 0 Å². The number of anilines is 2. The third-order valence-electron chi connectivity index (χ3n) is 6.00. The van der Waals surface area contributed by atoms with Crippen molar-refractivity contribution >= 4 is 49.1 Å². The summed E-state index contributed by atoms with van der Waals surface area (Å²) in [4.78, 5) is 13.0. The van der Waals surface area contributed by atoms with Crippen molar-refractivity contribution in [2.24, 2.45) is 0 Å². The van der Waals surface area contributed by atoms with Crippen LogP contribution in [-0.2, 0) is 21.4 Å². The first-order chi connectivity index (χ1) is 16.2. The third kappa shape index (κ3) is 4.59. The van der Waals surface area contributed by atoms with Crippen molar-refractivity contribution in [1.29, 1.82) is 0 Å². The number of ether oxygens (including phenoxy) is 1. The molecule has 1 heterocycles. The summed E-state index contributed by atoms with van der Waals surface area (Å²) in [5, 5.41) is 5.23. The molecule has 0 aliphatic rings. The molecule has 0 aliphatic heterocycles. The highest BCUT2D eigenvalue weighted by atomic mass is 32.2. The lowest BCUT2D eigenvalue weighted by molar-refractivity contribution is -0.122. The van der Waals surface area contributed by atoms with E-state index in [9.17, 15) is 13.2 Å². The van der Waals surface area contributed by atoms with Gasteiger partial charge in [-0.1, -0.05) is 25.1 Å². The van der Waals surface area contributed by atoms with E-state index >= 15 is 0 Å². The van der Waals surface area contributed by atoms with E-state index in [0.29, 0.717) is 23.5 Å². The average molecular weight is 480 g/mol. The number of rotatable bonds is 8. The predicted molar refractivity (Wildman–Crippen MR) is 138 cm³/mol. The molecule has 178 valence electrons. The molecule has 4 aromatic rings. The lowest BCUT2D eigenvalue weighted by Gasteiger charge is -2.19. The molecule has 34 heavy (non-hydrogen) atoms. The van der Waals surface area contributed by atoms with Crippen molar-refractivity contribution in [2.75, 3.05) is 22.9 Å². The molecule has 0 fully saturated rings. The van der Waals surface area contributed by atoms with E-state index in [1.165, 1.54) is 16.9 Å². The summed E-state index contributed by atoms with van der Waals surface area (Å²) in [6, 6.07) is 20.8. The lowest BCUT2D eigenvalue weighted by atomic mass is 10.1. The van der Waals surface area contributed by atoms with Gasteiger partial charge in [0.25, 0.3) is 5.91 Å². The monoisotopic (exact) mass is 479 g/mol. The van der Waals surface area contributed by atoms with Gasteiger partial charge in [0.15, 0.2) is 6.10 Å². The number of para-hydroxylation sites is 1. The fraction of sp³-hybridized carbons (Fsp3) is 0.269. The second-order valence-electron chi connectivity index (χ2n) is 8.22. The Morgan fingerprint density at radius 1 is 1.00 bits per heavy atom. The van der Waals surface area contributed by atoms with Crippen LogP contribution in [0.3, 0.4) is 0 Å². The van der Waals surface area contributed by atoms with Gasteiger partial charge in [0.1, 0.15) is 5.75 Å². The summed E-state index contributed by atoms with van der Waals surface area (Å²) >= 11 is 0. The van der Waals surface area contributed by atoms with Crippen LogP contribution in [0.1, 0.15) is 20.3 Å². The molecule has 1 N–H and O–H groups in total. The Labute approximate surface area is 200 Å². The number of sulfonamides is 1. The first kappa shape index (κ1) is 23.6. The minimum absolute atomic E-state index is 0.238. The van der Waals surface area contributed by atoms with Crippen LogP contribution < -0.4 is 14.4 Å². The lowest BCUT2D eigenvalue weighted by Crippen LogP contribution is -2.32. The van der Waals surface area contributed by atoms with Gasteiger partial charge in [-0.15, -0.1) is 0 Å². The fourth-order valence-electron chi connectivity index (χ4n) is 4.11. The number of benzene rings is 3. The van der Waals surface area contributed by atoms with E-state index in [0.717, 1.165) is 29.1 Å². The highest BCUT2D eigenvalue weighted by Crippen LogP contribution is 2.31. The van der Waals surface area contributed by atoms with Crippen LogP contribution in [0.2, 0.25) is 0 Å². The quantitative estimate of drug-likeness (QED) is 0.385. The summed E-state index contributed by atoms with van der Waals surface area (Å²) in [6.45, 7) is 4.87. The molecule has 0 aliphatic carbocycles. The molecule has 4 rings (SSSR count). The molecular weight excluding hydrogens is 450 g/mol. The molecule has 3 aromatic carbocycles. The van der Waals surface area contributed by atoms with Crippen molar-refractivity contribution in [1.82, 2.24) is 4.57 Å². The van der Waals surface area contributed by atoms with Gasteiger partial charge in [0, 0.05) is 41.1 Å². The maximum absolute atomic E-state index is 13.0. The van der Waals surface area contributed by atoms with E-state index in [1.54, 1.807) is 24.3 Å². The zero-order valence-electron chi connectivity index (χ0n) is 19.8. The van der Waals surface area contributed by atoms with Crippen LogP contribution in [0.5, 0.6) is 5.75 Å². The Balaban J connectivity index is 1.52. The van der Waals surface area contributed by atoms with Gasteiger partial charge < -0.3 is 14.6 Å². The van der Waals surface area contributed by atoms with E-state index in [-0.39, 0.29) is 5.91 Å². The highest BCUT2D eigenvalue weighted by Gasteiger charge is 2.20. The van der Waals surface area contributed by atoms with Crippen molar-refractivity contribution < 1.29 is 17.9 Å². The molecule has 1 amide bonds. The minimum atomic E-state index is -3.35. The normalized spacial score (nSPS) is 12.6. The Hall–Kier alpha value is -3.52. The highest BCUT2D eigenvalue weighted by molar-refractivity contribution is 7.92. The Morgan fingerprint density at radius 3 is 2.32 bits per heavy atom. The number of hydrogen-bond donors (Lipinski definition) is 1. The van der Waals surface area contributed by atoms with Crippen LogP contribution in [0, 0.1) is 0 Å². The van der Waals surface area contributed by atoms with E-state index < -0.39 is 16.1 Å². The first-order valence-corrected chi connectivity index (χ1v) is 13.1. The van der Waals surface area contributed by atoms with Crippen LogP contribution >= 0.6 is 0 Å². The molecule has 8 heteroatoms. The molecule has 0 saturated carbocycles. The summed E-state index contributed by atoms with van der Waals surface area (Å²) in [5.74, 6) is 0.257.